The van der Waals surface area contributed by atoms with Crippen LogP contribution >= 0.6 is 23.2 Å². The van der Waals surface area contributed by atoms with Gasteiger partial charge in [0.05, 0.1) is 17.3 Å². The zero-order valence-electron chi connectivity index (χ0n) is 12.9. The Labute approximate surface area is 145 Å². The lowest BCUT2D eigenvalue weighted by atomic mass is 10.2. The minimum Gasteiger partial charge on any atom is -0.482 e. The number of furan rings is 1. The van der Waals surface area contributed by atoms with E-state index < -0.39 is 0 Å². The number of hydrogen-bond acceptors (Lipinski definition) is 4. The number of amides is 1. The number of carbonyl (C=O) groups excluding carboxylic acids is 1. The molecule has 1 heterocycles. The molecule has 0 fully saturated rings. The van der Waals surface area contributed by atoms with Crippen molar-refractivity contribution in [1.82, 2.24) is 10.2 Å². The van der Waals surface area contributed by atoms with Gasteiger partial charge in [-0.2, -0.15) is 0 Å². The summed E-state index contributed by atoms with van der Waals surface area (Å²) >= 11 is 11.9. The highest BCUT2D eigenvalue weighted by Crippen LogP contribution is 2.27. The lowest BCUT2D eigenvalue weighted by molar-refractivity contribution is -0.123. The van der Waals surface area contributed by atoms with Crippen molar-refractivity contribution in [3.63, 3.8) is 0 Å². The van der Waals surface area contributed by atoms with Crippen LogP contribution in [-0.2, 0) is 4.79 Å². The summed E-state index contributed by atoms with van der Waals surface area (Å²) in [4.78, 5) is 13.9. The Morgan fingerprint density at radius 1 is 1.35 bits per heavy atom. The van der Waals surface area contributed by atoms with Crippen LogP contribution in [-0.4, -0.2) is 38.1 Å². The molecule has 1 aromatic carbocycles. The fraction of sp³-hybridized carbons (Fsp3) is 0.312. The monoisotopic (exact) mass is 356 g/mol. The van der Waals surface area contributed by atoms with E-state index in [9.17, 15) is 4.79 Å². The first kappa shape index (κ1) is 17.7. The van der Waals surface area contributed by atoms with Crippen LogP contribution in [0.15, 0.2) is 41.0 Å². The highest BCUT2D eigenvalue weighted by Gasteiger charge is 2.18. The maximum atomic E-state index is 11.9. The van der Waals surface area contributed by atoms with E-state index in [1.807, 2.05) is 31.1 Å². The number of benzene rings is 1. The smallest absolute Gasteiger partial charge is 0.258 e. The van der Waals surface area contributed by atoms with Crippen LogP contribution in [0.3, 0.4) is 0 Å². The Morgan fingerprint density at radius 3 is 2.78 bits per heavy atom. The van der Waals surface area contributed by atoms with Crippen LogP contribution in [0.25, 0.3) is 0 Å². The summed E-state index contributed by atoms with van der Waals surface area (Å²) in [5.74, 6) is 0.915. The molecule has 0 aliphatic rings. The molecule has 0 saturated heterocycles. The van der Waals surface area contributed by atoms with Crippen molar-refractivity contribution in [2.75, 3.05) is 27.2 Å². The zero-order chi connectivity index (χ0) is 16.8. The van der Waals surface area contributed by atoms with E-state index in [1.54, 1.807) is 24.5 Å². The third kappa shape index (κ3) is 5.16. The summed E-state index contributed by atoms with van der Waals surface area (Å²) in [5.41, 5.74) is 0. The second kappa shape index (κ2) is 8.24. The molecule has 0 radical (unpaired) electrons. The first-order valence-corrected chi connectivity index (χ1v) is 7.77. The Morgan fingerprint density at radius 2 is 2.13 bits per heavy atom. The second-order valence-electron chi connectivity index (χ2n) is 5.16. The van der Waals surface area contributed by atoms with Gasteiger partial charge in [0.1, 0.15) is 11.5 Å². The molecule has 1 aromatic heterocycles. The summed E-state index contributed by atoms with van der Waals surface area (Å²) < 4.78 is 10.8. The number of likely N-dealkylation sites (N-methyl/N-ethyl adjacent to an activating group) is 1. The molecule has 0 unspecified atom stereocenters. The van der Waals surface area contributed by atoms with E-state index in [4.69, 9.17) is 32.4 Å². The number of rotatable bonds is 7. The Bertz CT molecular complexity index is 645. The maximum absolute atomic E-state index is 11.9. The van der Waals surface area contributed by atoms with Gasteiger partial charge in [0, 0.05) is 17.6 Å². The van der Waals surface area contributed by atoms with Crippen LogP contribution in [0.2, 0.25) is 10.0 Å². The molecule has 1 N–H and O–H groups in total. The summed E-state index contributed by atoms with van der Waals surface area (Å²) in [6.45, 7) is 0.268. The van der Waals surface area contributed by atoms with Crippen molar-refractivity contribution in [3.8, 4) is 5.75 Å². The number of carbonyl (C=O) groups is 1. The number of hydrogen-bond donors (Lipinski definition) is 1. The van der Waals surface area contributed by atoms with Crippen LogP contribution < -0.4 is 10.1 Å². The molecule has 0 aliphatic heterocycles. The number of halogens is 2. The van der Waals surface area contributed by atoms with Gasteiger partial charge in [-0.15, -0.1) is 0 Å². The van der Waals surface area contributed by atoms with Crippen molar-refractivity contribution >= 4 is 29.1 Å². The first-order chi connectivity index (χ1) is 11.0. The average Bonchev–Trinajstić information content (AvgIpc) is 3.02. The summed E-state index contributed by atoms with van der Waals surface area (Å²) in [6.07, 6.45) is 1.61. The van der Waals surface area contributed by atoms with E-state index >= 15 is 0 Å². The van der Waals surface area contributed by atoms with Crippen LogP contribution in [0.1, 0.15) is 11.8 Å². The molecule has 1 atom stereocenters. The van der Waals surface area contributed by atoms with Crippen molar-refractivity contribution in [1.29, 1.82) is 0 Å². The minimum absolute atomic E-state index is 0.0521. The van der Waals surface area contributed by atoms with Gasteiger partial charge in [0.2, 0.25) is 0 Å². The maximum Gasteiger partial charge on any atom is 0.258 e. The van der Waals surface area contributed by atoms with Crippen LogP contribution in [0, 0.1) is 0 Å². The van der Waals surface area contributed by atoms with Crippen molar-refractivity contribution < 1.29 is 13.9 Å². The van der Waals surface area contributed by atoms with Gasteiger partial charge in [-0.3, -0.25) is 9.69 Å². The summed E-state index contributed by atoms with van der Waals surface area (Å²) in [6, 6.07) is 8.49. The predicted octanol–water partition coefficient (Wildman–Crippen LogP) is 3.38. The molecule has 1 amide bonds. The van der Waals surface area contributed by atoms with Gasteiger partial charge < -0.3 is 14.5 Å². The van der Waals surface area contributed by atoms with Gasteiger partial charge in [0.15, 0.2) is 6.61 Å². The van der Waals surface area contributed by atoms with E-state index in [0.29, 0.717) is 22.3 Å². The molecule has 0 spiro atoms. The van der Waals surface area contributed by atoms with Crippen molar-refractivity contribution in [2.24, 2.45) is 0 Å². The molecule has 2 rings (SSSR count). The number of nitrogens with one attached hydrogen (secondary N) is 1. The summed E-state index contributed by atoms with van der Waals surface area (Å²) in [7, 11) is 3.84. The third-order valence-corrected chi connectivity index (χ3v) is 3.79. The lowest BCUT2D eigenvalue weighted by Crippen LogP contribution is -2.36. The van der Waals surface area contributed by atoms with E-state index in [0.717, 1.165) is 5.76 Å². The van der Waals surface area contributed by atoms with Gasteiger partial charge >= 0.3 is 0 Å². The fourth-order valence-electron chi connectivity index (χ4n) is 2.01. The topological polar surface area (TPSA) is 54.7 Å². The van der Waals surface area contributed by atoms with Gasteiger partial charge in [-0.05, 0) is 38.4 Å². The SMILES string of the molecule is CN(C)[C@H](CNC(=O)COc1cc(Cl)ccc1Cl)c1ccco1. The van der Waals surface area contributed by atoms with E-state index in [1.165, 1.54) is 0 Å². The molecule has 23 heavy (non-hydrogen) atoms. The molecule has 7 heteroatoms. The highest BCUT2D eigenvalue weighted by atomic mass is 35.5. The fourth-order valence-corrected chi connectivity index (χ4v) is 2.35. The first-order valence-electron chi connectivity index (χ1n) is 7.01. The summed E-state index contributed by atoms with van der Waals surface area (Å²) in [5, 5.41) is 3.72. The normalized spacial score (nSPS) is 12.2. The van der Waals surface area contributed by atoms with Gasteiger partial charge in [-0.1, -0.05) is 23.2 Å². The van der Waals surface area contributed by atoms with Crippen LogP contribution in [0.4, 0.5) is 0 Å². The number of ether oxygens (including phenoxy) is 1. The van der Waals surface area contributed by atoms with E-state index in [-0.39, 0.29) is 18.6 Å². The molecular formula is C16H18Cl2N2O3. The molecule has 0 saturated carbocycles. The number of nitrogens with zero attached hydrogens (tertiary/aromatic N) is 1. The van der Waals surface area contributed by atoms with Gasteiger partial charge in [-0.25, -0.2) is 0 Å². The van der Waals surface area contributed by atoms with E-state index in [2.05, 4.69) is 5.32 Å². The average molecular weight is 357 g/mol. The highest BCUT2D eigenvalue weighted by molar-refractivity contribution is 6.34. The molecule has 0 bridgehead atoms. The third-order valence-electron chi connectivity index (χ3n) is 3.24. The quantitative estimate of drug-likeness (QED) is 0.825. The van der Waals surface area contributed by atoms with Gasteiger partial charge in [0.25, 0.3) is 5.91 Å². The predicted molar refractivity (Wildman–Crippen MR) is 90.1 cm³/mol. The zero-order valence-corrected chi connectivity index (χ0v) is 14.4. The Hall–Kier alpha value is -1.69. The lowest BCUT2D eigenvalue weighted by Gasteiger charge is -2.22. The Balaban J connectivity index is 1.86. The minimum atomic E-state index is -0.251. The molecular weight excluding hydrogens is 339 g/mol. The molecule has 124 valence electrons. The molecule has 5 nitrogen and oxygen atoms in total. The van der Waals surface area contributed by atoms with Crippen LogP contribution in [0.5, 0.6) is 5.75 Å². The Kier molecular flexibility index (Phi) is 6.33. The largest absolute Gasteiger partial charge is 0.482 e. The molecule has 0 aliphatic carbocycles. The molecule has 2 aromatic rings. The van der Waals surface area contributed by atoms with Crippen molar-refractivity contribution in [3.05, 3.63) is 52.4 Å². The second-order valence-corrected chi connectivity index (χ2v) is 6.01. The standard InChI is InChI=1S/C16H18Cl2N2O3/c1-20(2)13(14-4-3-7-22-14)9-19-16(21)10-23-15-8-11(17)5-6-12(15)18/h3-8,13H,9-10H2,1-2H3,(H,19,21)/t13-/m1/s1. The van der Waals surface area contributed by atoms with Crippen molar-refractivity contribution in [2.45, 2.75) is 6.04 Å².